The minimum Gasteiger partial charge on any atom is -0.208 e. The van der Waals surface area contributed by atoms with E-state index in [4.69, 9.17) is 11.6 Å². The highest BCUT2D eigenvalue weighted by atomic mass is 35.5. The van der Waals surface area contributed by atoms with E-state index < -0.39 is 10.0 Å². The molecule has 1 unspecified atom stereocenters. The third-order valence-corrected chi connectivity index (χ3v) is 4.50. The predicted molar refractivity (Wildman–Crippen MR) is 75.3 cm³/mol. The number of sulfonamides is 1. The monoisotopic (exact) mass is 289 g/mol. The lowest BCUT2D eigenvalue weighted by molar-refractivity contribution is 0.292. The second-order valence-corrected chi connectivity index (χ2v) is 7.42. The summed E-state index contributed by atoms with van der Waals surface area (Å²) in [5, 5.41) is 0. The quantitative estimate of drug-likeness (QED) is 0.847. The van der Waals surface area contributed by atoms with E-state index in [0.29, 0.717) is 12.3 Å². The zero-order valence-corrected chi connectivity index (χ0v) is 12.6. The van der Waals surface area contributed by atoms with Gasteiger partial charge in [0.1, 0.15) is 0 Å². The second kappa shape index (κ2) is 6.04. The van der Waals surface area contributed by atoms with Gasteiger partial charge in [-0.25, -0.2) is 13.1 Å². The number of rotatable bonds is 5. The summed E-state index contributed by atoms with van der Waals surface area (Å²) >= 11 is 5.74. The molecule has 1 N–H and O–H groups in total. The Balaban J connectivity index is 2.94. The van der Waals surface area contributed by atoms with E-state index in [1.165, 1.54) is 0 Å². The maximum atomic E-state index is 12.2. The largest absolute Gasteiger partial charge is 0.240 e. The van der Waals surface area contributed by atoms with Crippen molar-refractivity contribution in [3.63, 3.8) is 0 Å². The number of benzene rings is 1. The summed E-state index contributed by atoms with van der Waals surface area (Å²) in [6.45, 7) is 5.99. The molecule has 0 radical (unpaired) electrons. The Labute approximate surface area is 115 Å². The Morgan fingerprint density at radius 1 is 1.22 bits per heavy atom. The van der Waals surface area contributed by atoms with Gasteiger partial charge in [0, 0.05) is 11.9 Å². The van der Waals surface area contributed by atoms with Crippen molar-refractivity contribution in [3.05, 3.63) is 30.3 Å². The van der Waals surface area contributed by atoms with E-state index in [-0.39, 0.29) is 16.4 Å². The van der Waals surface area contributed by atoms with Crippen molar-refractivity contribution in [1.82, 2.24) is 4.72 Å². The molecule has 1 atom stereocenters. The molecule has 1 rings (SSSR count). The fourth-order valence-corrected chi connectivity index (χ4v) is 3.35. The highest BCUT2D eigenvalue weighted by molar-refractivity contribution is 7.89. The summed E-state index contributed by atoms with van der Waals surface area (Å²) in [7, 11) is -3.47. The summed E-state index contributed by atoms with van der Waals surface area (Å²) in [4.78, 5) is 0.286. The van der Waals surface area contributed by atoms with E-state index in [1.807, 2.05) is 20.8 Å². The third-order valence-electron chi connectivity index (χ3n) is 2.79. The molecular weight excluding hydrogens is 270 g/mol. The van der Waals surface area contributed by atoms with Gasteiger partial charge in [0.25, 0.3) is 0 Å². The summed E-state index contributed by atoms with van der Waals surface area (Å²) in [6, 6.07) is 8.20. The van der Waals surface area contributed by atoms with Crippen LogP contribution in [0, 0.1) is 5.41 Å². The van der Waals surface area contributed by atoms with Crippen LogP contribution >= 0.6 is 11.6 Å². The highest BCUT2D eigenvalue weighted by Crippen LogP contribution is 2.24. The molecular formula is C13H20ClNO2S. The maximum Gasteiger partial charge on any atom is 0.240 e. The number of alkyl halides is 1. The van der Waals surface area contributed by atoms with Crippen LogP contribution < -0.4 is 4.72 Å². The van der Waals surface area contributed by atoms with Gasteiger partial charge in [0.15, 0.2) is 0 Å². The second-order valence-electron chi connectivity index (χ2n) is 5.33. The molecule has 0 saturated carbocycles. The van der Waals surface area contributed by atoms with Crippen LogP contribution in [0.25, 0.3) is 0 Å². The molecule has 0 spiro atoms. The lowest BCUT2D eigenvalue weighted by Gasteiger charge is -2.30. The van der Waals surface area contributed by atoms with Crippen LogP contribution in [0.15, 0.2) is 35.2 Å². The van der Waals surface area contributed by atoms with E-state index >= 15 is 0 Å². The smallest absolute Gasteiger partial charge is 0.208 e. The van der Waals surface area contributed by atoms with E-state index in [9.17, 15) is 8.42 Å². The van der Waals surface area contributed by atoms with Crippen molar-refractivity contribution < 1.29 is 8.42 Å². The minimum absolute atomic E-state index is 0.170. The molecule has 0 aliphatic heterocycles. The van der Waals surface area contributed by atoms with Crippen LogP contribution in [0.1, 0.15) is 27.2 Å². The summed E-state index contributed by atoms with van der Waals surface area (Å²) < 4.78 is 27.2. The molecule has 0 aromatic heterocycles. The Morgan fingerprint density at radius 2 is 1.78 bits per heavy atom. The number of nitrogens with one attached hydrogen (secondary N) is 1. The Kier molecular flexibility index (Phi) is 5.20. The molecule has 0 fully saturated rings. The molecule has 0 amide bonds. The molecule has 5 heteroatoms. The normalized spacial score (nSPS) is 14.4. The van der Waals surface area contributed by atoms with Crippen LogP contribution in [0.4, 0.5) is 0 Å². The maximum absolute atomic E-state index is 12.2. The molecule has 3 nitrogen and oxygen atoms in total. The van der Waals surface area contributed by atoms with Gasteiger partial charge in [0.2, 0.25) is 10.0 Å². The standard InChI is InChI=1S/C13H20ClNO2S/c1-13(2,3)12(9-10-14)15-18(16,17)11-7-5-4-6-8-11/h4-8,12,15H,9-10H2,1-3H3. The molecule has 0 aliphatic carbocycles. The van der Waals surface area contributed by atoms with Crippen LogP contribution in [0.3, 0.4) is 0 Å². The van der Waals surface area contributed by atoms with Crippen molar-refractivity contribution in [2.75, 3.05) is 5.88 Å². The molecule has 1 aromatic carbocycles. The average molecular weight is 290 g/mol. The van der Waals surface area contributed by atoms with Crippen molar-refractivity contribution >= 4 is 21.6 Å². The van der Waals surface area contributed by atoms with Crippen LogP contribution in [0.5, 0.6) is 0 Å². The lowest BCUT2D eigenvalue weighted by atomic mass is 9.86. The summed E-state index contributed by atoms with van der Waals surface area (Å²) in [5.41, 5.74) is -0.170. The molecule has 0 saturated heterocycles. The van der Waals surface area contributed by atoms with Crippen LogP contribution in [0.2, 0.25) is 0 Å². The molecule has 0 bridgehead atoms. The van der Waals surface area contributed by atoms with Gasteiger partial charge >= 0.3 is 0 Å². The van der Waals surface area contributed by atoms with Gasteiger partial charge in [-0.15, -0.1) is 11.6 Å². The van der Waals surface area contributed by atoms with Gasteiger partial charge in [-0.3, -0.25) is 0 Å². The van der Waals surface area contributed by atoms with Crippen molar-refractivity contribution in [2.45, 2.75) is 38.1 Å². The fourth-order valence-electron chi connectivity index (χ4n) is 1.63. The minimum atomic E-state index is -3.47. The van der Waals surface area contributed by atoms with Crippen LogP contribution in [-0.4, -0.2) is 20.3 Å². The van der Waals surface area contributed by atoms with Crippen molar-refractivity contribution in [2.24, 2.45) is 5.41 Å². The number of hydrogen-bond acceptors (Lipinski definition) is 2. The van der Waals surface area contributed by atoms with Gasteiger partial charge in [-0.05, 0) is 24.0 Å². The van der Waals surface area contributed by atoms with E-state index in [0.717, 1.165) is 0 Å². The number of hydrogen-bond donors (Lipinski definition) is 1. The zero-order valence-electron chi connectivity index (χ0n) is 11.0. The first-order valence-corrected chi connectivity index (χ1v) is 7.92. The molecule has 102 valence electrons. The van der Waals surface area contributed by atoms with Gasteiger partial charge in [-0.2, -0.15) is 0 Å². The topological polar surface area (TPSA) is 46.2 Å². The number of halogens is 1. The third kappa shape index (κ3) is 4.26. The first-order chi connectivity index (χ1) is 8.27. The van der Waals surface area contributed by atoms with Gasteiger partial charge < -0.3 is 0 Å². The average Bonchev–Trinajstić information content (AvgIpc) is 2.28. The van der Waals surface area contributed by atoms with Gasteiger partial charge in [-0.1, -0.05) is 39.0 Å². The Hall–Kier alpha value is -0.580. The van der Waals surface area contributed by atoms with Crippen LogP contribution in [-0.2, 0) is 10.0 Å². The molecule has 1 aromatic rings. The zero-order chi connectivity index (χ0) is 13.8. The first kappa shape index (κ1) is 15.5. The Bertz CT molecular complexity index is 466. The highest BCUT2D eigenvalue weighted by Gasteiger charge is 2.28. The lowest BCUT2D eigenvalue weighted by Crippen LogP contribution is -2.43. The SMILES string of the molecule is CC(C)(C)C(CCCl)NS(=O)(=O)c1ccccc1. The first-order valence-electron chi connectivity index (χ1n) is 5.91. The molecule has 0 aliphatic rings. The molecule has 0 heterocycles. The molecule has 18 heavy (non-hydrogen) atoms. The van der Waals surface area contributed by atoms with E-state index in [2.05, 4.69) is 4.72 Å². The summed E-state index contributed by atoms with van der Waals surface area (Å²) in [5.74, 6) is 0.430. The van der Waals surface area contributed by atoms with Crippen molar-refractivity contribution in [3.8, 4) is 0 Å². The fraction of sp³-hybridized carbons (Fsp3) is 0.538. The Morgan fingerprint density at radius 3 is 2.22 bits per heavy atom. The summed E-state index contributed by atoms with van der Waals surface area (Å²) in [6.07, 6.45) is 0.608. The predicted octanol–water partition coefficient (Wildman–Crippen LogP) is 3.01. The van der Waals surface area contributed by atoms with Gasteiger partial charge in [0.05, 0.1) is 4.90 Å². The van der Waals surface area contributed by atoms with E-state index in [1.54, 1.807) is 30.3 Å². The van der Waals surface area contributed by atoms with Crippen molar-refractivity contribution in [1.29, 1.82) is 0 Å².